The minimum Gasteiger partial charge on any atom is -0.0879 e. The molecule has 0 bridgehead atoms. The topological polar surface area (TPSA) is 0 Å². The minimum absolute atomic E-state index is 0.183. The van der Waals surface area contributed by atoms with E-state index in [9.17, 15) is 0 Å². The van der Waals surface area contributed by atoms with Crippen LogP contribution in [0.15, 0.2) is 170 Å². The van der Waals surface area contributed by atoms with E-state index in [-0.39, 0.29) is 5.41 Å². The van der Waals surface area contributed by atoms with Gasteiger partial charge >= 0.3 is 0 Å². The zero-order chi connectivity index (χ0) is 35.3. The molecule has 0 heteroatoms. The molecule has 0 spiro atoms. The number of rotatable bonds is 3. The molecule has 0 heterocycles. The average molecular weight is 677 g/mol. The average Bonchev–Trinajstić information content (AvgIpc) is 3.45. The summed E-state index contributed by atoms with van der Waals surface area (Å²) in [5.41, 5.74) is 10.8. The van der Waals surface area contributed by atoms with E-state index in [2.05, 4.69) is 184 Å². The van der Waals surface area contributed by atoms with E-state index in [1.54, 1.807) is 0 Å². The summed E-state index contributed by atoms with van der Waals surface area (Å²) in [7, 11) is 0. The largest absolute Gasteiger partial charge is 0.0879 e. The zero-order valence-electron chi connectivity index (χ0n) is 30.2. The van der Waals surface area contributed by atoms with Gasteiger partial charge in [-0.1, -0.05) is 159 Å². The monoisotopic (exact) mass is 676 g/mol. The number of hydrogen-bond donors (Lipinski definition) is 0. The summed E-state index contributed by atoms with van der Waals surface area (Å²) < 4.78 is 0. The normalized spacial score (nSPS) is 17.5. The number of allylic oxidation sites excluding steroid dienone is 2. The molecule has 0 fully saturated rings. The highest BCUT2D eigenvalue weighted by Crippen LogP contribution is 2.55. The third-order valence-corrected chi connectivity index (χ3v) is 12.9. The van der Waals surface area contributed by atoms with Gasteiger partial charge in [0.15, 0.2) is 0 Å². The molecular weight excluding hydrogens is 637 g/mol. The summed E-state index contributed by atoms with van der Waals surface area (Å²) in [5.74, 6) is 1.25. The Balaban J connectivity index is 1.00. The summed E-state index contributed by atoms with van der Waals surface area (Å²) in [6.07, 6.45) is 7.35. The van der Waals surface area contributed by atoms with Gasteiger partial charge in [-0.15, -0.1) is 0 Å². The molecule has 9 aromatic carbocycles. The molecule has 0 amide bonds. The van der Waals surface area contributed by atoms with E-state index >= 15 is 0 Å². The third-order valence-electron chi connectivity index (χ3n) is 12.9. The Kier molecular flexibility index (Phi) is 6.65. The van der Waals surface area contributed by atoms with Crippen LogP contribution in [0.1, 0.15) is 43.7 Å². The van der Waals surface area contributed by atoms with Crippen LogP contribution in [0.2, 0.25) is 0 Å². The van der Waals surface area contributed by atoms with E-state index in [1.807, 2.05) is 0 Å². The fourth-order valence-corrected chi connectivity index (χ4v) is 10.1. The second-order valence-corrected chi connectivity index (χ2v) is 16.0. The molecule has 0 saturated carbocycles. The lowest BCUT2D eigenvalue weighted by atomic mass is 9.72. The Morgan fingerprint density at radius 3 is 1.66 bits per heavy atom. The van der Waals surface area contributed by atoms with E-state index in [4.69, 9.17) is 0 Å². The van der Waals surface area contributed by atoms with Crippen LogP contribution in [0.25, 0.3) is 87.2 Å². The Morgan fingerprint density at radius 2 is 0.943 bits per heavy atom. The summed E-state index contributed by atoms with van der Waals surface area (Å²) in [4.78, 5) is 0. The lowest BCUT2D eigenvalue weighted by molar-refractivity contribution is 0.301. The molecule has 11 rings (SSSR count). The zero-order valence-corrected chi connectivity index (χ0v) is 30.2. The molecule has 252 valence electrons. The predicted molar refractivity (Wildman–Crippen MR) is 228 cm³/mol. The Labute approximate surface area is 311 Å². The molecule has 2 unspecified atom stereocenters. The van der Waals surface area contributed by atoms with Crippen molar-refractivity contribution in [1.29, 1.82) is 0 Å². The number of benzene rings is 9. The SMILES string of the molecule is CC1(C)c2cc(-c3ccc4c5ccc(-c6cccc(-c7ccc8c(ccc9ccccc98)c7)c6)cc5c5ccccc5c4c3)ccc2C2C=CCCC21. The van der Waals surface area contributed by atoms with Gasteiger partial charge in [-0.05, 0) is 147 Å². The first kappa shape index (κ1) is 30.6. The van der Waals surface area contributed by atoms with Gasteiger partial charge in [0.1, 0.15) is 0 Å². The summed E-state index contributed by atoms with van der Waals surface area (Å²) in [6.45, 7) is 4.93. The third kappa shape index (κ3) is 4.68. The molecule has 9 aromatic rings. The van der Waals surface area contributed by atoms with Crippen LogP contribution in [0, 0.1) is 5.92 Å². The molecule has 2 atom stereocenters. The van der Waals surface area contributed by atoms with Gasteiger partial charge in [-0.2, -0.15) is 0 Å². The first-order valence-corrected chi connectivity index (χ1v) is 19.2. The molecule has 2 aliphatic rings. The Hall–Kier alpha value is -5.98. The van der Waals surface area contributed by atoms with E-state index in [0.29, 0.717) is 11.8 Å². The predicted octanol–water partition coefficient (Wildman–Crippen LogP) is 14.8. The molecule has 0 N–H and O–H groups in total. The van der Waals surface area contributed by atoms with Gasteiger partial charge in [0.05, 0.1) is 0 Å². The minimum atomic E-state index is 0.183. The fourth-order valence-electron chi connectivity index (χ4n) is 10.1. The molecule has 0 radical (unpaired) electrons. The Bertz CT molecular complexity index is 2970. The van der Waals surface area contributed by atoms with Crippen LogP contribution in [0.5, 0.6) is 0 Å². The number of fused-ring (bicyclic) bond motifs is 12. The first-order valence-electron chi connectivity index (χ1n) is 19.2. The van der Waals surface area contributed by atoms with Crippen molar-refractivity contribution >= 4 is 53.9 Å². The fraction of sp³-hybridized carbons (Fsp3) is 0.132. The molecule has 0 nitrogen and oxygen atoms in total. The molecule has 0 aromatic heterocycles. The van der Waals surface area contributed by atoms with E-state index in [1.165, 1.54) is 111 Å². The van der Waals surface area contributed by atoms with Crippen molar-refractivity contribution in [3.63, 3.8) is 0 Å². The van der Waals surface area contributed by atoms with Crippen molar-refractivity contribution < 1.29 is 0 Å². The first-order chi connectivity index (χ1) is 26.0. The molecule has 2 aliphatic carbocycles. The lowest BCUT2D eigenvalue weighted by Crippen LogP contribution is -2.26. The Morgan fingerprint density at radius 1 is 0.415 bits per heavy atom. The highest BCUT2D eigenvalue weighted by atomic mass is 14.5. The van der Waals surface area contributed by atoms with Crippen molar-refractivity contribution in [3.8, 4) is 33.4 Å². The molecule has 0 saturated heterocycles. The molecular formula is C53H40. The summed E-state index contributed by atoms with van der Waals surface area (Å²) in [5, 5.41) is 13.0. The van der Waals surface area contributed by atoms with Crippen molar-refractivity contribution in [2.75, 3.05) is 0 Å². The van der Waals surface area contributed by atoms with E-state index < -0.39 is 0 Å². The second-order valence-electron chi connectivity index (χ2n) is 16.0. The second kappa shape index (κ2) is 11.5. The number of hydrogen-bond acceptors (Lipinski definition) is 0. The van der Waals surface area contributed by atoms with Crippen molar-refractivity contribution in [2.24, 2.45) is 5.92 Å². The highest BCUT2D eigenvalue weighted by Gasteiger charge is 2.45. The smallest absolute Gasteiger partial charge is 0.00576 e. The molecule has 0 aliphatic heterocycles. The maximum absolute atomic E-state index is 2.51. The van der Waals surface area contributed by atoms with Gasteiger partial charge in [-0.3, -0.25) is 0 Å². The van der Waals surface area contributed by atoms with Crippen molar-refractivity contribution in [3.05, 3.63) is 181 Å². The van der Waals surface area contributed by atoms with Gasteiger partial charge in [0, 0.05) is 5.92 Å². The van der Waals surface area contributed by atoms with Crippen LogP contribution in [-0.2, 0) is 5.41 Å². The van der Waals surface area contributed by atoms with Gasteiger partial charge in [0.2, 0.25) is 0 Å². The van der Waals surface area contributed by atoms with Crippen LogP contribution < -0.4 is 0 Å². The maximum Gasteiger partial charge on any atom is 0.00576 e. The van der Waals surface area contributed by atoms with Crippen molar-refractivity contribution in [2.45, 2.75) is 38.0 Å². The van der Waals surface area contributed by atoms with Gasteiger partial charge < -0.3 is 0 Å². The quantitative estimate of drug-likeness (QED) is 0.129. The van der Waals surface area contributed by atoms with Crippen LogP contribution >= 0.6 is 0 Å². The summed E-state index contributed by atoms with van der Waals surface area (Å²) in [6, 6.07) is 59.6. The standard InChI is InChI=1S/C53H40/c1-53(2)51-17-8-7-16-47(51)48-27-23-39(32-52(48)53)38-22-26-46-45-25-21-37(30-49(45)43-14-5-6-15-44(43)50(46)31-38)35-12-9-11-34(28-35)36-20-24-42-40(29-36)19-18-33-10-3-4-13-41(33)42/h3-7,9-16,18-32,47,51H,8,17H2,1-2H3. The van der Waals surface area contributed by atoms with Gasteiger partial charge in [0.25, 0.3) is 0 Å². The van der Waals surface area contributed by atoms with E-state index in [0.717, 1.165) is 0 Å². The van der Waals surface area contributed by atoms with Crippen molar-refractivity contribution in [1.82, 2.24) is 0 Å². The van der Waals surface area contributed by atoms with Crippen LogP contribution in [0.3, 0.4) is 0 Å². The highest BCUT2D eigenvalue weighted by molar-refractivity contribution is 6.26. The van der Waals surface area contributed by atoms with Gasteiger partial charge in [-0.25, -0.2) is 0 Å². The summed E-state index contributed by atoms with van der Waals surface area (Å²) >= 11 is 0. The molecule has 53 heavy (non-hydrogen) atoms. The van der Waals surface area contributed by atoms with Crippen LogP contribution in [-0.4, -0.2) is 0 Å². The maximum atomic E-state index is 2.51. The van der Waals surface area contributed by atoms with Crippen LogP contribution in [0.4, 0.5) is 0 Å². The lowest BCUT2D eigenvalue weighted by Gasteiger charge is -2.32.